The van der Waals surface area contributed by atoms with Crippen LogP contribution >= 0.6 is 0 Å². The fraction of sp³-hybridized carbons (Fsp3) is 0.115. The molecule has 0 atom stereocenters. The van der Waals surface area contributed by atoms with Gasteiger partial charge in [-0.1, -0.05) is 24.3 Å². The summed E-state index contributed by atoms with van der Waals surface area (Å²) in [7, 11) is 0. The first kappa shape index (κ1) is 23.2. The first-order chi connectivity index (χ1) is 15.9. The second kappa shape index (κ2) is 10.7. The zero-order valence-corrected chi connectivity index (χ0v) is 18.2. The number of carbonyl (C=O) groups excluding carboxylic acids is 2. The SMILES string of the molecule is Cc1cccc(NC(=O)/C(C#N)=C\c2cccc(OCC(=O)Nc3ccc(F)cc3)c2)c1C. The van der Waals surface area contributed by atoms with Crippen molar-refractivity contribution in [3.8, 4) is 11.8 Å². The Morgan fingerprint density at radius 3 is 2.48 bits per heavy atom. The van der Waals surface area contributed by atoms with E-state index in [2.05, 4.69) is 10.6 Å². The predicted octanol–water partition coefficient (Wildman–Crippen LogP) is 5.01. The highest BCUT2D eigenvalue weighted by Crippen LogP contribution is 2.20. The summed E-state index contributed by atoms with van der Waals surface area (Å²) in [6.45, 7) is 3.58. The largest absolute Gasteiger partial charge is 0.484 e. The molecule has 0 aliphatic heterocycles. The lowest BCUT2D eigenvalue weighted by atomic mass is 10.1. The van der Waals surface area contributed by atoms with Gasteiger partial charge in [-0.05, 0) is 79.1 Å². The second-order valence-corrected chi connectivity index (χ2v) is 7.29. The Bertz CT molecular complexity index is 1240. The van der Waals surface area contributed by atoms with E-state index in [1.165, 1.54) is 30.3 Å². The molecule has 0 radical (unpaired) electrons. The van der Waals surface area contributed by atoms with Crippen LogP contribution in [0.1, 0.15) is 16.7 Å². The van der Waals surface area contributed by atoms with Crippen LogP contribution in [0.5, 0.6) is 5.75 Å². The summed E-state index contributed by atoms with van der Waals surface area (Å²) in [5.74, 6) is -0.928. The van der Waals surface area contributed by atoms with Crippen molar-refractivity contribution in [2.75, 3.05) is 17.2 Å². The van der Waals surface area contributed by atoms with E-state index in [0.717, 1.165) is 11.1 Å². The molecule has 6 nitrogen and oxygen atoms in total. The summed E-state index contributed by atoms with van der Waals surface area (Å²) in [6.07, 6.45) is 1.45. The normalized spacial score (nSPS) is 10.8. The summed E-state index contributed by atoms with van der Waals surface area (Å²) in [6, 6.07) is 19.6. The zero-order valence-electron chi connectivity index (χ0n) is 18.2. The van der Waals surface area contributed by atoms with E-state index in [0.29, 0.717) is 22.7 Å². The first-order valence-corrected chi connectivity index (χ1v) is 10.1. The molecule has 0 unspecified atom stereocenters. The lowest BCUT2D eigenvalue weighted by Crippen LogP contribution is -2.20. The van der Waals surface area contributed by atoms with Gasteiger partial charge in [-0.25, -0.2) is 4.39 Å². The third-order valence-corrected chi connectivity index (χ3v) is 4.88. The fourth-order valence-corrected chi connectivity index (χ4v) is 2.96. The van der Waals surface area contributed by atoms with Crippen LogP contribution in [0, 0.1) is 31.0 Å². The van der Waals surface area contributed by atoms with Crippen LogP contribution in [-0.2, 0) is 9.59 Å². The van der Waals surface area contributed by atoms with Crippen molar-refractivity contribution in [1.82, 2.24) is 0 Å². The van der Waals surface area contributed by atoms with Crippen molar-refractivity contribution in [2.45, 2.75) is 13.8 Å². The lowest BCUT2D eigenvalue weighted by molar-refractivity contribution is -0.118. The third-order valence-electron chi connectivity index (χ3n) is 4.88. The minimum atomic E-state index is -0.517. The molecule has 2 amide bonds. The summed E-state index contributed by atoms with van der Waals surface area (Å²) < 4.78 is 18.5. The van der Waals surface area contributed by atoms with E-state index in [9.17, 15) is 19.2 Å². The maximum atomic E-state index is 13.0. The minimum absolute atomic E-state index is 0.0675. The minimum Gasteiger partial charge on any atom is -0.484 e. The van der Waals surface area contributed by atoms with Gasteiger partial charge in [0.25, 0.3) is 11.8 Å². The van der Waals surface area contributed by atoms with Crippen LogP contribution in [0.2, 0.25) is 0 Å². The molecule has 3 aromatic rings. The Labute approximate surface area is 191 Å². The quantitative estimate of drug-likeness (QED) is 0.397. The number of halogens is 1. The number of ether oxygens (including phenoxy) is 1. The Morgan fingerprint density at radius 2 is 1.76 bits per heavy atom. The van der Waals surface area contributed by atoms with Crippen molar-refractivity contribution in [3.05, 3.63) is 94.8 Å². The van der Waals surface area contributed by atoms with E-state index in [1.807, 2.05) is 32.0 Å². The molecule has 0 aliphatic rings. The van der Waals surface area contributed by atoms with Gasteiger partial charge in [-0.3, -0.25) is 9.59 Å². The summed E-state index contributed by atoms with van der Waals surface area (Å²) in [5.41, 5.74) is 3.56. The summed E-state index contributed by atoms with van der Waals surface area (Å²) in [5, 5.41) is 14.8. The molecule has 0 saturated carbocycles. The van der Waals surface area contributed by atoms with Gasteiger partial charge in [0, 0.05) is 11.4 Å². The molecule has 0 aliphatic carbocycles. The smallest absolute Gasteiger partial charge is 0.266 e. The molecular weight excluding hydrogens is 421 g/mol. The number of hydrogen-bond acceptors (Lipinski definition) is 4. The number of nitriles is 1. The van der Waals surface area contributed by atoms with Gasteiger partial charge in [0.15, 0.2) is 6.61 Å². The van der Waals surface area contributed by atoms with Gasteiger partial charge in [0.2, 0.25) is 0 Å². The molecule has 0 saturated heterocycles. The average molecular weight is 443 g/mol. The molecule has 0 bridgehead atoms. The summed E-state index contributed by atoms with van der Waals surface area (Å²) in [4.78, 5) is 24.7. The molecule has 0 fully saturated rings. The number of nitrogens with one attached hydrogen (secondary N) is 2. The Hall–Kier alpha value is -4.44. The van der Waals surface area contributed by atoms with Gasteiger partial charge < -0.3 is 15.4 Å². The highest BCUT2D eigenvalue weighted by atomic mass is 19.1. The standard InChI is InChI=1S/C26H22FN3O3/c1-17-5-3-8-24(18(17)2)30-26(32)20(15-28)13-19-6-4-7-23(14-19)33-16-25(31)29-22-11-9-21(27)10-12-22/h3-14H,16H2,1-2H3,(H,29,31)(H,30,32)/b20-13-. The van der Waals surface area contributed by atoms with Gasteiger partial charge in [0.05, 0.1) is 0 Å². The van der Waals surface area contributed by atoms with Crippen molar-refractivity contribution in [3.63, 3.8) is 0 Å². The molecular formula is C26H22FN3O3. The average Bonchev–Trinajstić information content (AvgIpc) is 2.81. The molecule has 0 aromatic heterocycles. The van der Waals surface area contributed by atoms with E-state index >= 15 is 0 Å². The van der Waals surface area contributed by atoms with E-state index in [4.69, 9.17) is 4.74 Å². The van der Waals surface area contributed by atoms with E-state index in [-0.39, 0.29) is 12.2 Å². The van der Waals surface area contributed by atoms with Gasteiger partial charge in [0.1, 0.15) is 23.2 Å². The Kier molecular flexibility index (Phi) is 7.55. The van der Waals surface area contributed by atoms with Crippen molar-refractivity contribution < 1.29 is 18.7 Å². The monoisotopic (exact) mass is 443 g/mol. The molecule has 3 rings (SSSR count). The van der Waals surface area contributed by atoms with Crippen LogP contribution in [0.15, 0.2) is 72.3 Å². The van der Waals surface area contributed by atoms with Crippen LogP contribution in [0.25, 0.3) is 6.08 Å². The molecule has 2 N–H and O–H groups in total. The predicted molar refractivity (Wildman–Crippen MR) is 125 cm³/mol. The van der Waals surface area contributed by atoms with Gasteiger partial charge in [-0.15, -0.1) is 0 Å². The second-order valence-electron chi connectivity index (χ2n) is 7.29. The van der Waals surface area contributed by atoms with Crippen LogP contribution in [-0.4, -0.2) is 18.4 Å². The van der Waals surface area contributed by atoms with Crippen LogP contribution in [0.4, 0.5) is 15.8 Å². The van der Waals surface area contributed by atoms with Crippen LogP contribution in [0.3, 0.4) is 0 Å². The molecule has 3 aromatic carbocycles. The van der Waals surface area contributed by atoms with Gasteiger partial charge >= 0.3 is 0 Å². The number of amides is 2. The van der Waals surface area contributed by atoms with E-state index in [1.54, 1.807) is 30.3 Å². The first-order valence-electron chi connectivity index (χ1n) is 10.1. The lowest BCUT2D eigenvalue weighted by Gasteiger charge is -2.10. The number of anilines is 2. The Balaban J connectivity index is 1.65. The number of nitrogens with zero attached hydrogens (tertiary/aromatic N) is 1. The number of hydrogen-bond donors (Lipinski definition) is 2. The van der Waals surface area contributed by atoms with Crippen molar-refractivity contribution >= 4 is 29.3 Å². The Morgan fingerprint density at radius 1 is 1.03 bits per heavy atom. The molecule has 33 heavy (non-hydrogen) atoms. The third kappa shape index (κ3) is 6.52. The molecule has 166 valence electrons. The maximum absolute atomic E-state index is 13.0. The van der Waals surface area contributed by atoms with Crippen molar-refractivity contribution in [1.29, 1.82) is 5.26 Å². The molecule has 7 heteroatoms. The molecule has 0 heterocycles. The topological polar surface area (TPSA) is 91.2 Å². The van der Waals surface area contributed by atoms with Crippen molar-refractivity contribution in [2.24, 2.45) is 0 Å². The van der Waals surface area contributed by atoms with Gasteiger partial charge in [-0.2, -0.15) is 5.26 Å². The van der Waals surface area contributed by atoms with E-state index < -0.39 is 17.6 Å². The fourth-order valence-electron chi connectivity index (χ4n) is 2.96. The zero-order chi connectivity index (χ0) is 23.8. The highest BCUT2D eigenvalue weighted by molar-refractivity contribution is 6.10. The highest BCUT2D eigenvalue weighted by Gasteiger charge is 2.12. The maximum Gasteiger partial charge on any atom is 0.266 e. The number of carbonyl (C=O) groups is 2. The molecule has 0 spiro atoms. The number of benzene rings is 3. The van der Waals surface area contributed by atoms with Crippen LogP contribution < -0.4 is 15.4 Å². The summed E-state index contributed by atoms with van der Waals surface area (Å²) >= 11 is 0. The number of rotatable bonds is 7. The number of aryl methyl sites for hydroxylation is 1.